The fourth-order valence-corrected chi connectivity index (χ4v) is 2.88. The van der Waals surface area contributed by atoms with Gasteiger partial charge in [-0.1, -0.05) is 0 Å². The predicted octanol–water partition coefficient (Wildman–Crippen LogP) is 3.23. The molecule has 0 saturated heterocycles. The van der Waals surface area contributed by atoms with Crippen LogP contribution in [-0.4, -0.2) is 9.78 Å². The molecule has 0 amide bonds. The Bertz CT molecular complexity index is 571. The van der Waals surface area contributed by atoms with Crippen LogP contribution in [0.2, 0.25) is 0 Å². The Hall–Kier alpha value is -1.07. The van der Waals surface area contributed by atoms with Crippen LogP contribution in [-0.2, 0) is 6.54 Å². The van der Waals surface area contributed by atoms with Crippen molar-refractivity contribution in [3.8, 4) is 0 Å². The van der Waals surface area contributed by atoms with Gasteiger partial charge >= 0.3 is 0 Å². The van der Waals surface area contributed by atoms with Crippen LogP contribution >= 0.6 is 15.9 Å². The second kappa shape index (κ2) is 4.90. The monoisotopic (exact) mass is 311 g/mol. The normalized spacial score (nSPS) is 13.0. The fraction of sp³-hybridized carbons (Fsp3) is 0.462. The van der Waals surface area contributed by atoms with E-state index in [0.717, 1.165) is 39.4 Å². The second-order valence-electron chi connectivity index (χ2n) is 4.42. The quantitative estimate of drug-likeness (QED) is 0.946. The number of halogens is 1. The second-order valence-corrected chi connectivity index (χ2v) is 5.28. The van der Waals surface area contributed by atoms with E-state index in [1.54, 1.807) is 6.20 Å². The summed E-state index contributed by atoms with van der Waals surface area (Å²) in [6.45, 7) is 8.81. The van der Waals surface area contributed by atoms with E-state index < -0.39 is 0 Å². The number of nitrogens with two attached hydrogens (primary N) is 1. The first-order valence-corrected chi connectivity index (χ1v) is 6.79. The molecule has 2 aromatic rings. The highest BCUT2D eigenvalue weighted by Crippen LogP contribution is 2.33. The molecule has 0 saturated carbocycles. The zero-order valence-corrected chi connectivity index (χ0v) is 12.7. The Morgan fingerprint density at radius 3 is 2.56 bits per heavy atom. The van der Waals surface area contributed by atoms with Gasteiger partial charge in [-0.3, -0.25) is 4.68 Å². The van der Waals surface area contributed by atoms with E-state index in [-0.39, 0.29) is 6.04 Å². The molecule has 0 aliphatic rings. The summed E-state index contributed by atoms with van der Waals surface area (Å²) in [4.78, 5) is 0. The molecular formula is C13H18BrN3O. The molecule has 1 unspecified atom stereocenters. The van der Waals surface area contributed by atoms with Gasteiger partial charge in [-0.2, -0.15) is 5.10 Å². The van der Waals surface area contributed by atoms with Crippen LogP contribution in [0.1, 0.15) is 41.3 Å². The van der Waals surface area contributed by atoms with Gasteiger partial charge in [0.1, 0.15) is 11.5 Å². The number of aromatic nitrogens is 2. The van der Waals surface area contributed by atoms with Gasteiger partial charge < -0.3 is 10.2 Å². The highest BCUT2D eigenvalue weighted by Gasteiger charge is 2.24. The van der Waals surface area contributed by atoms with Gasteiger partial charge in [0.2, 0.25) is 0 Å². The van der Waals surface area contributed by atoms with Gasteiger partial charge in [-0.15, -0.1) is 0 Å². The molecule has 98 valence electrons. The average molecular weight is 312 g/mol. The third-order valence-corrected chi connectivity index (χ3v) is 3.97. The van der Waals surface area contributed by atoms with E-state index in [1.165, 1.54) is 0 Å². The molecular weight excluding hydrogens is 294 g/mol. The van der Waals surface area contributed by atoms with Gasteiger partial charge in [-0.05, 0) is 49.2 Å². The summed E-state index contributed by atoms with van der Waals surface area (Å²) in [6.07, 6.45) is 1.79. The highest BCUT2D eigenvalue weighted by molar-refractivity contribution is 9.10. The third-order valence-electron chi connectivity index (χ3n) is 3.36. The Balaban J connectivity index is 2.54. The minimum absolute atomic E-state index is 0.223. The van der Waals surface area contributed by atoms with E-state index in [2.05, 4.69) is 28.0 Å². The van der Waals surface area contributed by atoms with E-state index in [9.17, 15) is 0 Å². The van der Waals surface area contributed by atoms with Crippen molar-refractivity contribution in [3.05, 3.63) is 39.0 Å². The van der Waals surface area contributed by atoms with Crippen LogP contribution in [0.5, 0.6) is 0 Å². The molecule has 0 radical (unpaired) electrons. The summed E-state index contributed by atoms with van der Waals surface area (Å²) < 4.78 is 8.50. The molecule has 0 bridgehead atoms. The molecule has 0 aliphatic carbocycles. The Labute approximate surface area is 115 Å². The third kappa shape index (κ3) is 2.01. The minimum Gasteiger partial charge on any atom is -0.466 e. The van der Waals surface area contributed by atoms with Crippen LogP contribution in [0.15, 0.2) is 15.1 Å². The molecule has 2 rings (SSSR count). The summed E-state index contributed by atoms with van der Waals surface area (Å²) in [5, 5.41) is 4.31. The minimum atomic E-state index is -0.223. The van der Waals surface area contributed by atoms with Crippen LogP contribution in [0.25, 0.3) is 0 Å². The first kappa shape index (κ1) is 13.4. The zero-order chi connectivity index (χ0) is 13.4. The lowest BCUT2D eigenvalue weighted by molar-refractivity contribution is 0.496. The number of nitrogens with zero attached hydrogens (tertiary/aromatic N) is 2. The molecule has 0 aliphatic heterocycles. The lowest BCUT2D eigenvalue weighted by Crippen LogP contribution is -2.18. The van der Waals surface area contributed by atoms with E-state index in [1.807, 2.05) is 25.5 Å². The first-order chi connectivity index (χ1) is 8.47. The molecule has 4 nitrogen and oxygen atoms in total. The summed E-state index contributed by atoms with van der Waals surface area (Å²) in [5.41, 5.74) is 9.57. The fourth-order valence-electron chi connectivity index (χ4n) is 2.34. The van der Waals surface area contributed by atoms with Crippen molar-refractivity contribution in [1.82, 2.24) is 9.78 Å². The van der Waals surface area contributed by atoms with E-state index >= 15 is 0 Å². The van der Waals surface area contributed by atoms with Crippen molar-refractivity contribution in [1.29, 1.82) is 0 Å². The number of hydrogen-bond donors (Lipinski definition) is 1. The molecule has 2 N–H and O–H groups in total. The van der Waals surface area contributed by atoms with Crippen molar-refractivity contribution < 1.29 is 4.42 Å². The number of aryl methyl sites for hydroxylation is 3. The van der Waals surface area contributed by atoms with E-state index in [4.69, 9.17) is 10.2 Å². The van der Waals surface area contributed by atoms with Crippen molar-refractivity contribution in [2.75, 3.05) is 0 Å². The maximum Gasteiger partial charge on any atom is 0.106 e. The maximum atomic E-state index is 6.40. The standard InChI is InChI=1S/C13H18BrN3O/c1-5-17-13(10(14)6-16-17)12(15)11-7(2)8(3)18-9(11)4/h6,12H,5,15H2,1-4H3. The topological polar surface area (TPSA) is 57.0 Å². The molecule has 5 heteroatoms. The van der Waals surface area contributed by atoms with Crippen molar-refractivity contribution in [2.24, 2.45) is 5.73 Å². The number of rotatable bonds is 3. The van der Waals surface area contributed by atoms with Gasteiger partial charge in [0.25, 0.3) is 0 Å². The lowest BCUT2D eigenvalue weighted by atomic mass is 10.0. The predicted molar refractivity (Wildman–Crippen MR) is 74.6 cm³/mol. The van der Waals surface area contributed by atoms with Gasteiger partial charge in [0, 0.05) is 12.1 Å². The first-order valence-electron chi connectivity index (χ1n) is 6.00. The maximum absolute atomic E-state index is 6.40. The molecule has 18 heavy (non-hydrogen) atoms. The molecule has 0 aromatic carbocycles. The van der Waals surface area contributed by atoms with Gasteiger partial charge in [0.05, 0.1) is 22.4 Å². The van der Waals surface area contributed by atoms with Crippen molar-refractivity contribution in [2.45, 2.75) is 40.3 Å². The molecule has 2 aromatic heterocycles. The molecule has 2 heterocycles. The Morgan fingerprint density at radius 2 is 2.06 bits per heavy atom. The van der Waals surface area contributed by atoms with Crippen LogP contribution in [0.4, 0.5) is 0 Å². The molecule has 0 spiro atoms. The summed E-state index contributed by atoms with van der Waals surface area (Å²) >= 11 is 3.52. The average Bonchev–Trinajstić information content (AvgIpc) is 2.80. The molecule has 1 atom stereocenters. The highest BCUT2D eigenvalue weighted by atomic mass is 79.9. The van der Waals surface area contributed by atoms with Crippen LogP contribution in [0.3, 0.4) is 0 Å². The van der Waals surface area contributed by atoms with Crippen molar-refractivity contribution >= 4 is 15.9 Å². The van der Waals surface area contributed by atoms with Gasteiger partial charge in [0.15, 0.2) is 0 Å². The summed E-state index contributed by atoms with van der Waals surface area (Å²) in [5.74, 6) is 1.81. The van der Waals surface area contributed by atoms with Crippen LogP contribution in [0, 0.1) is 20.8 Å². The SMILES string of the molecule is CCn1ncc(Br)c1C(N)c1c(C)oc(C)c1C. The largest absolute Gasteiger partial charge is 0.466 e. The Morgan fingerprint density at radius 1 is 1.39 bits per heavy atom. The lowest BCUT2D eigenvalue weighted by Gasteiger charge is -2.15. The number of furan rings is 1. The van der Waals surface area contributed by atoms with Crippen LogP contribution < -0.4 is 5.73 Å². The summed E-state index contributed by atoms with van der Waals surface area (Å²) in [7, 11) is 0. The van der Waals surface area contributed by atoms with Crippen molar-refractivity contribution in [3.63, 3.8) is 0 Å². The van der Waals surface area contributed by atoms with Gasteiger partial charge in [-0.25, -0.2) is 0 Å². The summed E-state index contributed by atoms with van der Waals surface area (Å²) in [6, 6.07) is -0.223. The number of hydrogen-bond acceptors (Lipinski definition) is 3. The zero-order valence-electron chi connectivity index (χ0n) is 11.1. The molecule has 0 fully saturated rings. The smallest absolute Gasteiger partial charge is 0.106 e. The Kier molecular flexibility index (Phi) is 3.64. The van der Waals surface area contributed by atoms with E-state index in [0.29, 0.717) is 0 Å².